The summed E-state index contributed by atoms with van der Waals surface area (Å²) in [5, 5.41) is 33.8. The number of hydrogen-bond acceptors (Lipinski definition) is 4. The fraction of sp³-hybridized carbons (Fsp3) is 0.500. The summed E-state index contributed by atoms with van der Waals surface area (Å²) >= 11 is 0. The van der Waals surface area contributed by atoms with E-state index >= 15 is 0 Å². The summed E-state index contributed by atoms with van der Waals surface area (Å²) in [5.41, 5.74) is -2.74. The topological polar surface area (TPSA) is 164 Å². The normalized spacial score (nSPS) is 8.81. The molecule has 0 saturated heterocycles. The maximum atomic E-state index is 10.3. The summed E-state index contributed by atoms with van der Waals surface area (Å²) in [6, 6.07) is 0. The molecule has 0 saturated carbocycles. The summed E-state index contributed by atoms with van der Waals surface area (Å²) in [6.07, 6.45) is -2.29. The first-order valence-electron chi connectivity index (χ1n) is 3.17. The van der Waals surface area contributed by atoms with Crippen LogP contribution in [0.4, 0.5) is 0 Å². The van der Waals surface area contributed by atoms with E-state index < -0.39 is 36.4 Å². The van der Waals surface area contributed by atoms with Crippen LogP contribution in [-0.2, 0) is 14.4 Å². The van der Waals surface area contributed by atoms with Gasteiger partial charge < -0.3 is 25.9 Å². The van der Waals surface area contributed by atoms with Crippen LogP contribution in [0.1, 0.15) is 12.8 Å². The molecule has 0 atom stereocenters. The monoisotopic (exact) mass is 462 g/mol. The van der Waals surface area contributed by atoms with Gasteiger partial charge in [0.15, 0.2) is 5.60 Å². The zero-order chi connectivity index (χ0) is 10.6. The standard InChI is InChI=1S/C6H8O7.Bi.K.H2O.4H/c7-3(8)1-6(13,5(11)12)2-4(9)10;;;;;;;/h13H,1-2H2,(H,7,8)(H,9,10)(H,11,12);;;1H2;;;;. The second-order valence-corrected chi connectivity index (χ2v) is 2.48. The minimum atomic E-state index is -2.74. The molecule has 0 unspecified atom stereocenters. The van der Waals surface area contributed by atoms with E-state index in [-0.39, 0.29) is 83.1 Å². The van der Waals surface area contributed by atoms with Gasteiger partial charge in [0.25, 0.3) is 0 Å². The average molecular weight is 462 g/mol. The number of carbonyl (C=O) groups is 3. The molecule has 16 heavy (non-hydrogen) atoms. The van der Waals surface area contributed by atoms with Crippen molar-refractivity contribution in [1.82, 2.24) is 0 Å². The van der Waals surface area contributed by atoms with Gasteiger partial charge in [0.2, 0.25) is 0 Å². The van der Waals surface area contributed by atoms with Crippen molar-refractivity contribution in [3.63, 3.8) is 0 Å². The van der Waals surface area contributed by atoms with Gasteiger partial charge in [-0.25, -0.2) is 4.79 Å². The molecular weight excluding hydrogens is 448 g/mol. The molecule has 0 aromatic rings. The molecule has 0 aliphatic rings. The van der Waals surface area contributed by atoms with Gasteiger partial charge in [0, 0.05) is 0 Å². The van der Waals surface area contributed by atoms with Crippen molar-refractivity contribution in [2.24, 2.45) is 0 Å². The third-order valence-electron chi connectivity index (χ3n) is 1.29. The fourth-order valence-electron chi connectivity index (χ4n) is 0.714. The maximum absolute atomic E-state index is 10.3. The third-order valence-corrected chi connectivity index (χ3v) is 1.29. The van der Waals surface area contributed by atoms with Gasteiger partial charge in [-0.15, -0.1) is 0 Å². The van der Waals surface area contributed by atoms with Crippen molar-refractivity contribution in [2.45, 2.75) is 18.4 Å². The first-order chi connectivity index (χ1) is 5.78. The Balaban J connectivity index is -0.000000240. The first kappa shape index (κ1) is 25.6. The van der Waals surface area contributed by atoms with E-state index in [2.05, 4.69) is 0 Å². The summed E-state index contributed by atoms with van der Waals surface area (Å²) in [7, 11) is 0. The van der Waals surface area contributed by atoms with Gasteiger partial charge in [0.1, 0.15) is 0 Å². The number of hydrogen-bond donors (Lipinski definition) is 4. The number of carboxylic acids is 3. The van der Waals surface area contributed by atoms with Crippen LogP contribution >= 0.6 is 0 Å². The van der Waals surface area contributed by atoms with E-state index in [4.69, 9.17) is 20.4 Å². The number of rotatable bonds is 5. The Bertz CT molecular complexity index is 239. The second kappa shape index (κ2) is 11.0. The molecule has 0 aliphatic heterocycles. The average Bonchev–Trinajstić information content (AvgIpc) is 1.82. The Kier molecular flexibility index (Phi) is 17.6. The van der Waals surface area contributed by atoms with E-state index in [1.165, 1.54) is 0 Å². The van der Waals surface area contributed by atoms with E-state index in [0.29, 0.717) is 0 Å². The first-order valence-corrected chi connectivity index (χ1v) is 3.17. The molecule has 8 nitrogen and oxygen atoms in total. The van der Waals surface area contributed by atoms with Crippen molar-refractivity contribution < 1.29 is 40.3 Å². The van der Waals surface area contributed by atoms with E-state index in [1.54, 1.807) is 0 Å². The fourth-order valence-corrected chi connectivity index (χ4v) is 0.714. The Morgan fingerprint density at radius 1 is 0.938 bits per heavy atom. The summed E-state index contributed by atoms with van der Waals surface area (Å²) in [4.78, 5) is 30.5. The van der Waals surface area contributed by atoms with Crippen LogP contribution in [0, 0.1) is 0 Å². The van der Waals surface area contributed by atoms with Crippen LogP contribution < -0.4 is 0 Å². The predicted molar refractivity (Wildman–Crippen MR) is 57.8 cm³/mol. The predicted octanol–water partition coefficient (Wildman–Crippen LogP) is -3.91. The molecule has 0 radical (unpaired) electrons. The zero-order valence-electron chi connectivity index (χ0n) is 7.63. The van der Waals surface area contributed by atoms with Crippen LogP contribution in [0.25, 0.3) is 0 Å². The van der Waals surface area contributed by atoms with Crippen LogP contribution in [0.3, 0.4) is 0 Å². The molecule has 0 amide bonds. The SMILES string of the molecule is O.O=C(O)CC(O)(CC(=O)O)C(=O)O.[BiH3].[KH]. The van der Waals surface area contributed by atoms with Crippen molar-refractivity contribution in [3.8, 4) is 0 Å². The molecule has 10 heteroatoms. The number of aliphatic hydroxyl groups is 1. The van der Waals surface area contributed by atoms with Crippen molar-refractivity contribution in [1.29, 1.82) is 0 Å². The van der Waals surface area contributed by atoms with Crippen molar-refractivity contribution >= 4 is 95.5 Å². The summed E-state index contributed by atoms with van der Waals surface area (Å²) in [5.74, 6) is -5.02. The van der Waals surface area contributed by atoms with E-state index in [9.17, 15) is 14.4 Å². The van der Waals surface area contributed by atoms with Gasteiger partial charge in [0.05, 0.1) is 12.8 Å². The minimum absolute atomic E-state index is 0. The van der Waals surface area contributed by atoms with Gasteiger partial charge in [-0.1, -0.05) is 0 Å². The van der Waals surface area contributed by atoms with E-state index in [0.717, 1.165) is 0 Å². The van der Waals surface area contributed by atoms with Crippen molar-refractivity contribution in [3.05, 3.63) is 0 Å². The van der Waals surface area contributed by atoms with Crippen LogP contribution in [0.5, 0.6) is 0 Å². The molecule has 92 valence electrons. The Morgan fingerprint density at radius 3 is 1.31 bits per heavy atom. The summed E-state index contributed by atoms with van der Waals surface area (Å²) < 4.78 is 0. The van der Waals surface area contributed by atoms with Crippen molar-refractivity contribution in [2.75, 3.05) is 0 Å². The van der Waals surface area contributed by atoms with E-state index in [1.807, 2.05) is 0 Å². The third kappa shape index (κ3) is 10.0. The molecule has 0 heterocycles. The van der Waals surface area contributed by atoms with Crippen LogP contribution in [-0.4, -0.2) is 127 Å². The second-order valence-electron chi connectivity index (χ2n) is 2.48. The molecule has 0 aromatic heterocycles. The molecule has 0 spiro atoms. The zero-order valence-corrected chi connectivity index (χ0v) is 13.1. The van der Waals surface area contributed by atoms with Crippen LogP contribution in [0.2, 0.25) is 0 Å². The van der Waals surface area contributed by atoms with Gasteiger partial charge in [-0.2, -0.15) is 0 Å². The molecule has 0 rings (SSSR count). The Labute approximate surface area is 152 Å². The van der Waals surface area contributed by atoms with Gasteiger partial charge in [-0.05, 0) is 0 Å². The Hall–Kier alpha value is 0.849. The van der Waals surface area contributed by atoms with Gasteiger partial charge in [-0.3, -0.25) is 9.59 Å². The molecular formula is C6H14BiKO8. The number of carboxylic acid groups (broad SMARTS) is 3. The molecule has 6 N–H and O–H groups in total. The molecule has 0 fully saturated rings. The summed E-state index contributed by atoms with van der Waals surface area (Å²) in [6.45, 7) is 0. The van der Waals surface area contributed by atoms with Crippen LogP contribution in [0.15, 0.2) is 0 Å². The Morgan fingerprint density at radius 2 is 1.19 bits per heavy atom. The van der Waals surface area contributed by atoms with Gasteiger partial charge >= 0.3 is 95.5 Å². The molecule has 0 aromatic carbocycles. The quantitative estimate of drug-likeness (QED) is 0.304. The molecule has 0 bridgehead atoms. The molecule has 0 aliphatic carbocycles. The number of aliphatic carboxylic acids is 3.